The first-order valence-electron chi connectivity index (χ1n) is 5.54. The molecule has 0 heterocycles. The van der Waals surface area contributed by atoms with E-state index < -0.39 is 11.4 Å². The van der Waals surface area contributed by atoms with Gasteiger partial charge in [-0.05, 0) is 12.8 Å². The van der Waals surface area contributed by atoms with Gasteiger partial charge in [-0.3, -0.25) is 0 Å². The number of aromatic hydroxyl groups is 1. The highest BCUT2D eigenvalue weighted by atomic mass is 35.5. The lowest BCUT2D eigenvalue weighted by Crippen LogP contribution is -2.34. The number of phenolic OH excluding ortho intramolecular Hbond substituents is 1. The normalized spacial score (nSPS) is 18.4. The zero-order valence-corrected chi connectivity index (χ0v) is 10.4. The molecule has 1 aliphatic rings. The molecule has 3 N–H and O–H groups in total. The van der Waals surface area contributed by atoms with Crippen LogP contribution in [0.1, 0.15) is 31.2 Å². The molecule has 0 unspecified atom stereocenters. The highest BCUT2D eigenvalue weighted by molar-refractivity contribution is 6.31. The van der Waals surface area contributed by atoms with Crippen LogP contribution in [0.15, 0.2) is 6.07 Å². The number of nitrogens with two attached hydrogens (primary N) is 1. The molecule has 0 spiro atoms. The van der Waals surface area contributed by atoms with Crippen LogP contribution in [-0.2, 0) is 5.54 Å². The lowest BCUT2D eigenvalue weighted by Gasteiger charge is -2.26. The molecule has 1 fully saturated rings. The molecule has 0 atom stereocenters. The van der Waals surface area contributed by atoms with Gasteiger partial charge < -0.3 is 15.6 Å². The Morgan fingerprint density at radius 1 is 1.47 bits per heavy atom. The van der Waals surface area contributed by atoms with Gasteiger partial charge in [-0.15, -0.1) is 0 Å². The van der Waals surface area contributed by atoms with Crippen molar-refractivity contribution >= 4 is 11.6 Å². The van der Waals surface area contributed by atoms with Crippen molar-refractivity contribution in [2.75, 3.05) is 7.11 Å². The summed E-state index contributed by atoms with van der Waals surface area (Å²) in [5, 5.41) is 9.94. The molecule has 0 aromatic heterocycles. The third kappa shape index (κ3) is 1.96. The Kier molecular flexibility index (Phi) is 3.19. The first-order chi connectivity index (χ1) is 7.99. The van der Waals surface area contributed by atoms with Gasteiger partial charge in [0.1, 0.15) is 0 Å². The number of hydrogen-bond donors (Lipinski definition) is 2. The van der Waals surface area contributed by atoms with Gasteiger partial charge in [0.25, 0.3) is 0 Å². The Hall–Kier alpha value is -1.00. The zero-order chi connectivity index (χ0) is 12.6. The van der Waals surface area contributed by atoms with Crippen molar-refractivity contribution in [1.29, 1.82) is 0 Å². The highest BCUT2D eigenvalue weighted by Gasteiger charge is 2.38. The van der Waals surface area contributed by atoms with E-state index in [4.69, 9.17) is 22.1 Å². The summed E-state index contributed by atoms with van der Waals surface area (Å²) in [7, 11) is 1.39. The molecule has 1 saturated carbocycles. The van der Waals surface area contributed by atoms with Crippen LogP contribution >= 0.6 is 11.6 Å². The predicted molar refractivity (Wildman–Crippen MR) is 64.0 cm³/mol. The Balaban J connectivity index is 2.62. The van der Waals surface area contributed by atoms with Crippen molar-refractivity contribution in [2.24, 2.45) is 5.73 Å². The fraction of sp³-hybridized carbons (Fsp3) is 0.500. The fourth-order valence-corrected chi connectivity index (χ4v) is 2.65. The molecule has 0 saturated heterocycles. The third-order valence-electron chi connectivity index (χ3n) is 3.37. The molecule has 5 heteroatoms. The molecule has 1 aromatic carbocycles. The Morgan fingerprint density at radius 2 is 2.06 bits per heavy atom. The van der Waals surface area contributed by atoms with E-state index in [0.717, 1.165) is 12.8 Å². The lowest BCUT2D eigenvalue weighted by atomic mass is 9.88. The SMILES string of the molecule is COc1cc(Cl)c(F)c(C2(N)CCCC2)c1O. The van der Waals surface area contributed by atoms with Gasteiger partial charge in [-0.25, -0.2) is 4.39 Å². The minimum atomic E-state index is -0.841. The van der Waals surface area contributed by atoms with Gasteiger partial charge in [0, 0.05) is 11.6 Å². The molecule has 0 bridgehead atoms. The van der Waals surface area contributed by atoms with Crippen LogP contribution in [0.4, 0.5) is 4.39 Å². The summed E-state index contributed by atoms with van der Waals surface area (Å²) >= 11 is 5.79. The van der Waals surface area contributed by atoms with Crippen LogP contribution in [0.5, 0.6) is 11.5 Å². The zero-order valence-electron chi connectivity index (χ0n) is 9.59. The molecule has 2 rings (SSSR count). The van der Waals surface area contributed by atoms with Crippen molar-refractivity contribution in [2.45, 2.75) is 31.2 Å². The highest BCUT2D eigenvalue weighted by Crippen LogP contribution is 2.46. The molecular weight excluding hydrogens is 245 g/mol. The molecule has 0 aliphatic heterocycles. The molecule has 0 amide bonds. The number of rotatable bonds is 2. The predicted octanol–water partition coefficient (Wildman–Crippen LogP) is 2.92. The molecule has 94 valence electrons. The maximum absolute atomic E-state index is 14.0. The van der Waals surface area contributed by atoms with Crippen molar-refractivity contribution in [3.8, 4) is 11.5 Å². The lowest BCUT2D eigenvalue weighted by molar-refractivity contribution is 0.346. The smallest absolute Gasteiger partial charge is 0.165 e. The Labute approximate surface area is 104 Å². The topological polar surface area (TPSA) is 55.5 Å². The van der Waals surface area contributed by atoms with E-state index in [1.807, 2.05) is 0 Å². The summed E-state index contributed by atoms with van der Waals surface area (Å²) in [5.41, 5.74) is 5.40. The second kappa shape index (κ2) is 4.35. The van der Waals surface area contributed by atoms with Crippen LogP contribution in [0.2, 0.25) is 5.02 Å². The summed E-state index contributed by atoms with van der Waals surface area (Å²) in [6, 6.07) is 1.26. The van der Waals surface area contributed by atoms with E-state index in [1.165, 1.54) is 13.2 Å². The van der Waals surface area contributed by atoms with Crippen molar-refractivity contribution < 1.29 is 14.2 Å². The fourth-order valence-electron chi connectivity index (χ4n) is 2.46. The van der Waals surface area contributed by atoms with Gasteiger partial charge in [-0.1, -0.05) is 24.4 Å². The van der Waals surface area contributed by atoms with Crippen molar-refractivity contribution in [1.82, 2.24) is 0 Å². The van der Waals surface area contributed by atoms with Gasteiger partial charge in [0.05, 0.1) is 17.7 Å². The maximum Gasteiger partial charge on any atom is 0.165 e. The van der Waals surface area contributed by atoms with E-state index in [0.29, 0.717) is 12.8 Å². The van der Waals surface area contributed by atoms with Crippen LogP contribution in [-0.4, -0.2) is 12.2 Å². The van der Waals surface area contributed by atoms with E-state index >= 15 is 0 Å². The van der Waals surface area contributed by atoms with E-state index in [1.54, 1.807) is 0 Å². The molecule has 0 radical (unpaired) electrons. The Bertz CT molecular complexity index is 445. The first kappa shape index (κ1) is 12.5. The van der Waals surface area contributed by atoms with Crippen LogP contribution < -0.4 is 10.5 Å². The summed E-state index contributed by atoms with van der Waals surface area (Å²) < 4.78 is 19.0. The molecule has 17 heavy (non-hydrogen) atoms. The standard InChI is InChI=1S/C12H15ClFNO2/c1-17-8-6-7(13)10(14)9(11(8)16)12(15)4-2-3-5-12/h6,16H,2-5,15H2,1H3. The third-order valence-corrected chi connectivity index (χ3v) is 3.65. The summed E-state index contributed by atoms with van der Waals surface area (Å²) in [6.45, 7) is 0. The first-order valence-corrected chi connectivity index (χ1v) is 5.92. The number of hydrogen-bond acceptors (Lipinski definition) is 3. The van der Waals surface area contributed by atoms with Crippen molar-refractivity contribution in [3.63, 3.8) is 0 Å². The monoisotopic (exact) mass is 259 g/mol. The van der Waals surface area contributed by atoms with Gasteiger partial charge in [0.15, 0.2) is 17.3 Å². The number of methoxy groups -OCH3 is 1. The van der Waals surface area contributed by atoms with E-state index in [2.05, 4.69) is 0 Å². The number of ether oxygens (including phenoxy) is 1. The average Bonchev–Trinajstić information content (AvgIpc) is 2.71. The number of halogens is 2. The van der Waals surface area contributed by atoms with Crippen LogP contribution in [0, 0.1) is 5.82 Å². The molecule has 3 nitrogen and oxygen atoms in total. The van der Waals surface area contributed by atoms with Crippen molar-refractivity contribution in [3.05, 3.63) is 22.5 Å². The molecule has 1 aliphatic carbocycles. The minimum absolute atomic E-state index is 0.0774. The largest absolute Gasteiger partial charge is 0.504 e. The minimum Gasteiger partial charge on any atom is -0.504 e. The van der Waals surface area contributed by atoms with Gasteiger partial charge >= 0.3 is 0 Å². The number of phenols is 1. The molecular formula is C12H15ClFNO2. The second-order valence-corrected chi connectivity index (χ2v) is 4.87. The van der Waals surface area contributed by atoms with Crippen LogP contribution in [0.3, 0.4) is 0 Å². The average molecular weight is 260 g/mol. The Morgan fingerprint density at radius 3 is 2.59 bits per heavy atom. The number of benzene rings is 1. The summed E-state index contributed by atoms with van der Waals surface area (Å²) in [5.74, 6) is -0.726. The van der Waals surface area contributed by atoms with Crippen LogP contribution in [0.25, 0.3) is 0 Å². The summed E-state index contributed by atoms with van der Waals surface area (Å²) in [4.78, 5) is 0. The second-order valence-electron chi connectivity index (χ2n) is 4.46. The summed E-state index contributed by atoms with van der Waals surface area (Å²) in [6.07, 6.45) is 3.12. The molecule has 1 aromatic rings. The van der Waals surface area contributed by atoms with Gasteiger partial charge in [0.2, 0.25) is 0 Å². The van der Waals surface area contributed by atoms with Gasteiger partial charge in [-0.2, -0.15) is 0 Å². The van der Waals surface area contributed by atoms with E-state index in [-0.39, 0.29) is 22.1 Å². The quantitative estimate of drug-likeness (QED) is 0.859. The van der Waals surface area contributed by atoms with E-state index in [9.17, 15) is 9.50 Å². The maximum atomic E-state index is 14.0.